The van der Waals surface area contributed by atoms with E-state index in [0.717, 1.165) is 0 Å². The molecule has 0 aromatic rings. The van der Waals surface area contributed by atoms with E-state index >= 15 is 0 Å². The zero-order valence-electron chi connectivity index (χ0n) is 9.47. The van der Waals surface area contributed by atoms with E-state index in [2.05, 4.69) is 11.5 Å². The topological polar surface area (TPSA) is 23.5 Å². The van der Waals surface area contributed by atoms with Crippen molar-refractivity contribution in [3.8, 4) is 0 Å². The van der Waals surface area contributed by atoms with Crippen molar-refractivity contribution in [3.63, 3.8) is 0 Å². The number of rotatable bonds is 3. The SMILES string of the molecule is C=C(N1CCC1)C12CCC(CO)(CC1)C2. The Morgan fingerprint density at radius 1 is 1.20 bits per heavy atom. The van der Waals surface area contributed by atoms with Crippen LogP contribution in [-0.4, -0.2) is 29.7 Å². The second-order valence-corrected chi connectivity index (χ2v) is 5.90. The molecule has 3 aliphatic rings. The lowest BCUT2D eigenvalue weighted by atomic mass is 9.79. The number of fused-ring (bicyclic) bond motifs is 2. The molecule has 3 fully saturated rings. The van der Waals surface area contributed by atoms with Crippen LogP contribution < -0.4 is 0 Å². The second-order valence-electron chi connectivity index (χ2n) is 5.90. The maximum absolute atomic E-state index is 9.51. The van der Waals surface area contributed by atoms with Crippen LogP contribution >= 0.6 is 0 Å². The minimum absolute atomic E-state index is 0.272. The van der Waals surface area contributed by atoms with Gasteiger partial charge in [-0.3, -0.25) is 0 Å². The first kappa shape index (κ1) is 9.71. The fourth-order valence-electron chi connectivity index (χ4n) is 3.86. The van der Waals surface area contributed by atoms with E-state index < -0.39 is 0 Å². The molecule has 0 atom stereocenters. The molecule has 0 spiro atoms. The van der Waals surface area contributed by atoms with E-state index in [1.165, 1.54) is 57.3 Å². The molecule has 0 aromatic heterocycles. The summed E-state index contributed by atoms with van der Waals surface area (Å²) in [4.78, 5) is 2.46. The van der Waals surface area contributed by atoms with Crippen molar-refractivity contribution in [2.45, 2.75) is 38.5 Å². The molecule has 1 saturated heterocycles. The maximum Gasteiger partial charge on any atom is 0.0487 e. The zero-order chi connectivity index (χ0) is 10.5. The number of nitrogens with zero attached hydrogens (tertiary/aromatic N) is 1. The Morgan fingerprint density at radius 3 is 2.27 bits per heavy atom. The monoisotopic (exact) mass is 207 g/mol. The quantitative estimate of drug-likeness (QED) is 0.766. The fraction of sp³-hybridized carbons (Fsp3) is 0.846. The van der Waals surface area contributed by atoms with Gasteiger partial charge in [-0.25, -0.2) is 0 Å². The number of hydrogen-bond donors (Lipinski definition) is 1. The van der Waals surface area contributed by atoms with Crippen molar-refractivity contribution < 1.29 is 5.11 Å². The summed E-state index contributed by atoms with van der Waals surface area (Å²) in [5, 5.41) is 9.51. The largest absolute Gasteiger partial charge is 0.396 e. The molecule has 1 heterocycles. The molecular formula is C13H21NO. The van der Waals surface area contributed by atoms with Crippen LogP contribution in [0.15, 0.2) is 12.3 Å². The van der Waals surface area contributed by atoms with Gasteiger partial charge in [0, 0.05) is 30.8 Å². The number of likely N-dealkylation sites (tertiary alicyclic amines) is 1. The van der Waals surface area contributed by atoms with Crippen molar-refractivity contribution in [1.82, 2.24) is 4.90 Å². The van der Waals surface area contributed by atoms with E-state index in [0.29, 0.717) is 12.0 Å². The summed E-state index contributed by atoms with van der Waals surface area (Å²) in [6.45, 7) is 7.16. The molecule has 84 valence electrons. The van der Waals surface area contributed by atoms with Gasteiger partial charge in [0.15, 0.2) is 0 Å². The summed E-state index contributed by atoms with van der Waals surface area (Å²) >= 11 is 0. The molecule has 0 aromatic carbocycles. The van der Waals surface area contributed by atoms with E-state index in [1.807, 2.05) is 0 Å². The highest BCUT2D eigenvalue weighted by Gasteiger charge is 2.56. The first-order chi connectivity index (χ1) is 7.20. The van der Waals surface area contributed by atoms with Crippen molar-refractivity contribution in [2.75, 3.05) is 19.7 Å². The van der Waals surface area contributed by atoms with Crippen molar-refractivity contribution in [2.24, 2.45) is 10.8 Å². The molecule has 0 unspecified atom stereocenters. The second kappa shape index (κ2) is 3.00. The van der Waals surface area contributed by atoms with Crippen LogP contribution in [-0.2, 0) is 0 Å². The van der Waals surface area contributed by atoms with Gasteiger partial charge in [0.25, 0.3) is 0 Å². The molecule has 2 heteroatoms. The number of aliphatic hydroxyl groups is 1. The van der Waals surface area contributed by atoms with Gasteiger partial charge >= 0.3 is 0 Å². The van der Waals surface area contributed by atoms with E-state index in [9.17, 15) is 5.11 Å². The third kappa shape index (κ3) is 1.20. The third-order valence-corrected chi connectivity index (χ3v) is 5.17. The van der Waals surface area contributed by atoms with Crippen LogP contribution in [0.1, 0.15) is 38.5 Å². The van der Waals surface area contributed by atoms with Crippen LogP contribution in [0.25, 0.3) is 0 Å². The zero-order valence-corrected chi connectivity index (χ0v) is 9.47. The van der Waals surface area contributed by atoms with E-state index in [-0.39, 0.29) is 5.41 Å². The Balaban J connectivity index is 1.79. The van der Waals surface area contributed by atoms with E-state index in [1.54, 1.807) is 0 Å². The van der Waals surface area contributed by atoms with Crippen molar-refractivity contribution in [1.29, 1.82) is 0 Å². The summed E-state index contributed by atoms with van der Waals surface area (Å²) in [5.41, 5.74) is 2.04. The molecule has 2 nitrogen and oxygen atoms in total. The van der Waals surface area contributed by atoms with Crippen molar-refractivity contribution >= 4 is 0 Å². The van der Waals surface area contributed by atoms with Gasteiger partial charge in [-0.1, -0.05) is 6.58 Å². The summed E-state index contributed by atoms with van der Waals surface area (Å²) < 4.78 is 0. The lowest BCUT2D eigenvalue weighted by molar-refractivity contribution is 0.133. The van der Waals surface area contributed by atoms with Crippen LogP contribution in [0.3, 0.4) is 0 Å². The van der Waals surface area contributed by atoms with Crippen molar-refractivity contribution in [3.05, 3.63) is 12.3 Å². The molecule has 1 N–H and O–H groups in total. The summed E-state index contributed by atoms with van der Waals surface area (Å²) in [6.07, 6.45) is 7.50. The Morgan fingerprint density at radius 2 is 1.87 bits per heavy atom. The molecule has 2 saturated carbocycles. The lowest BCUT2D eigenvalue weighted by Crippen LogP contribution is -2.41. The highest BCUT2D eigenvalue weighted by atomic mass is 16.3. The van der Waals surface area contributed by atoms with Crippen LogP contribution in [0.4, 0.5) is 0 Å². The maximum atomic E-state index is 9.51. The Kier molecular flexibility index (Phi) is 1.94. The smallest absolute Gasteiger partial charge is 0.0487 e. The lowest BCUT2D eigenvalue weighted by Gasteiger charge is -2.43. The van der Waals surface area contributed by atoms with Gasteiger partial charge in [-0.15, -0.1) is 0 Å². The summed E-state index contributed by atoms with van der Waals surface area (Å²) in [7, 11) is 0. The van der Waals surface area contributed by atoms with Gasteiger partial charge in [0.05, 0.1) is 0 Å². The van der Waals surface area contributed by atoms with Gasteiger partial charge in [0.1, 0.15) is 0 Å². The molecular weight excluding hydrogens is 186 g/mol. The molecule has 15 heavy (non-hydrogen) atoms. The molecule has 0 radical (unpaired) electrons. The minimum Gasteiger partial charge on any atom is -0.396 e. The molecule has 2 aliphatic carbocycles. The predicted octanol–water partition coefficient (Wildman–Crippen LogP) is 2.15. The molecule has 1 aliphatic heterocycles. The molecule has 0 amide bonds. The highest BCUT2D eigenvalue weighted by Crippen LogP contribution is 2.64. The number of aliphatic hydroxyl groups excluding tert-OH is 1. The van der Waals surface area contributed by atoms with Gasteiger partial charge in [-0.05, 0) is 43.9 Å². The highest BCUT2D eigenvalue weighted by molar-refractivity contribution is 5.20. The number of allylic oxidation sites excluding steroid dienone is 1. The first-order valence-corrected chi connectivity index (χ1v) is 6.25. The molecule has 2 bridgehead atoms. The standard InChI is InChI=1S/C13H21NO/c1-11(14-7-2-8-14)13-5-3-12(9-13,10-15)4-6-13/h15H,1-10H2. The summed E-state index contributed by atoms with van der Waals surface area (Å²) in [6, 6.07) is 0. The number of hydrogen-bond acceptors (Lipinski definition) is 2. The van der Waals surface area contributed by atoms with Crippen LogP contribution in [0.2, 0.25) is 0 Å². The van der Waals surface area contributed by atoms with E-state index in [4.69, 9.17) is 0 Å². The Bertz CT molecular complexity index is 285. The minimum atomic E-state index is 0.272. The Hall–Kier alpha value is -0.500. The third-order valence-electron chi connectivity index (χ3n) is 5.17. The van der Waals surface area contributed by atoms with Gasteiger partial charge < -0.3 is 10.0 Å². The van der Waals surface area contributed by atoms with Crippen LogP contribution in [0.5, 0.6) is 0 Å². The van der Waals surface area contributed by atoms with Crippen LogP contribution in [0, 0.1) is 10.8 Å². The predicted molar refractivity (Wildman–Crippen MR) is 60.4 cm³/mol. The Labute approximate surface area is 92.0 Å². The average molecular weight is 207 g/mol. The fourth-order valence-corrected chi connectivity index (χ4v) is 3.86. The first-order valence-electron chi connectivity index (χ1n) is 6.25. The molecule has 3 rings (SSSR count). The average Bonchev–Trinajstić information content (AvgIpc) is 2.72. The van der Waals surface area contributed by atoms with Gasteiger partial charge in [0.2, 0.25) is 0 Å². The van der Waals surface area contributed by atoms with Gasteiger partial charge in [-0.2, -0.15) is 0 Å². The normalized spacial score (nSPS) is 43.1. The summed E-state index contributed by atoms with van der Waals surface area (Å²) in [5.74, 6) is 0.